The van der Waals surface area contributed by atoms with E-state index in [-0.39, 0.29) is 0 Å². The van der Waals surface area contributed by atoms with E-state index in [1.165, 1.54) is 0 Å². The van der Waals surface area contributed by atoms with Crippen molar-refractivity contribution in [3.05, 3.63) is 29.6 Å². The first-order chi connectivity index (χ1) is 8.15. The van der Waals surface area contributed by atoms with E-state index in [0.29, 0.717) is 11.8 Å². The number of hydrogen-bond donors (Lipinski definition) is 0. The quantitative estimate of drug-likeness (QED) is 0.802. The van der Waals surface area contributed by atoms with Crippen molar-refractivity contribution in [1.82, 2.24) is 9.88 Å². The molecular formula is C14H20N2O. The third kappa shape index (κ3) is 3.37. The van der Waals surface area contributed by atoms with Gasteiger partial charge in [0.15, 0.2) is 0 Å². The lowest BCUT2D eigenvalue weighted by atomic mass is 9.93. The first-order valence-electron chi connectivity index (χ1n) is 6.29. The predicted octanol–water partition coefficient (Wildman–Crippen LogP) is 2.33. The Balaban J connectivity index is 1.92. The Kier molecular flexibility index (Phi) is 3.89. The highest BCUT2D eigenvalue weighted by Gasteiger charge is 2.22. The fourth-order valence-corrected chi connectivity index (χ4v) is 2.44. The average molecular weight is 232 g/mol. The Hall–Kier alpha value is -1.22. The fraction of sp³-hybridized carbons (Fsp3) is 0.571. The number of hydrogen-bond acceptors (Lipinski definition) is 3. The van der Waals surface area contributed by atoms with Crippen LogP contribution in [0, 0.1) is 6.92 Å². The van der Waals surface area contributed by atoms with Gasteiger partial charge in [0, 0.05) is 31.1 Å². The summed E-state index contributed by atoms with van der Waals surface area (Å²) in [5.74, 6) is 0.420. The molecule has 0 N–H and O–H groups in total. The van der Waals surface area contributed by atoms with Crippen LogP contribution >= 0.6 is 0 Å². The highest BCUT2D eigenvalue weighted by Crippen LogP contribution is 2.20. The molecule has 2 rings (SSSR count). The number of carbonyl (C=O) groups is 1. The molecule has 0 amide bonds. The molecule has 1 aromatic heterocycles. The van der Waals surface area contributed by atoms with Gasteiger partial charge in [0.05, 0.1) is 5.69 Å². The van der Waals surface area contributed by atoms with Gasteiger partial charge in [-0.2, -0.15) is 0 Å². The maximum atomic E-state index is 11.2. The van der Waals surface area contributed by atoms with Crippen molar-refractivity contribution >= 4 is 5.78 Å². The first-order valence-corrected chi connectivity index (χ1v) is 6.29. The second kappa shape index (κ2) is 5.41. The maximum Gasteiger partial charge on any atom is 0.133 e. The van der Waals surface area contributed by atoms with Crippen LogP contribution in [-0.4, -0.2) is 28.8 Å². The largest absolute Gasteiger partial charge is 0.300 e. The van der Waals surface area contributed by atoms with E-state index >= 15 is 0 Å². The van der Waals surface area contributed by atoms with Gasteiger partial charge < -0.3 is 0 Å². The van der Waals surface area contributed by atoms with Crippen molar-refractivity contribution in [3.8, 4) is 0 Å². The highest BCUT2D eigenvalue weighted by atomic mass is 16.1. The van der Waals surface area contributed by atoms with Gasteiger partial charge in [-0.25, -0.2) is 0 Å². The molecule has 3 heteroatoms. The van der Waals surface area contributed by atoms with E-state index < -0.39 is 0 Å². The van der Waals surface area contributed by atoms with Gasteiger partial charge in [0.25, 0.3) is 0 Å². The molecule has 0 aromatic carbocycles. The van der Waals surface area contributed by atoms with Gasteiger partial charge in [-0.15, -0.1) is 0 Å². The lowest BCUT2D eigenvalue weighted by molar-refractivity contribution is -0.121. The maximum absolute atomic E-state index is 11.2. The Morgan fingerprint density at radius 3 is 2.71 bits per heavy atom. The molecule has 0 atom stereocenters. The summed E-state index contributed by atoms with van der Waals surface area (Å²) in [6.07, 6.45) is 3.49. The third-order valence-electron chi connectivity index (χ3n) is 3.49. The zero-order valence-corrected chi connectivity index (χ0v) is 10.6. The zero-order chi connectivity index (χ0) is 12.3. The summed E-state index contributed by atoms with van der Waals surface area (Å²) in [6.45, 7) is 2.89. The normalized spacial score (nSPS) is 17.7. The van der Waals surface area contributed by atoms with Crippen molar-refractivity contribution in [3.63, 3.8) is 0 Å². The minimum absolute atomic E-state index is 0.420. The second-order valence-corrected chi connectivity index (χ2v) is 4.96. The van der Waals surface area contributed by atoms with Crippen LogP contribution in [0.5, 0.6) is 0 Å². The molecular weight excluding hydrogens is 212 g/mol. The average Bonchev–Trinajstić information content (AvgIpc) is 2.29. The SMILES string of the molecule is Cc1cccc(CN(C)C2CCC(=O)CC2)n1. The predicted molar refractivity (Wildman–Crippen MR) is 67.7 cm³/mol. The zero-order valence-electron chi connectivity index (χ0n) is 10.6. The third-order valence-corrected chi connectivity index (χ3v) is 3.49. The Labute approximate surface area is 103 Å². The Bertz CT molecular complexity index is 393. The molecule has 0 aliphatic heterocycles. The molecule has 0 radical (unpaired) electrons. The topological polar surface area (TPSA) is 33.2 Å². The standard InChI is InChI=1S/C14H20N2O/c1-11-4-3-5-12(15-11)10-16(2)13-6-8-14(17)9-7-13/h3-5,13H,6-10H2,1-2H3. The molecule has 1 aromatic rings. The van der Waals surface area contributed by atoms with Gasteiger partial charge in [0.1, 0.15) is 5.78 Å². The number of carbonyl (C=O) groups excluding carboxylic acids is 1. The molecule has 3 nitrogen and oxygen atoms in total. The fourth-order valence-electron chi connectivity index (χ4n) is 2.44. The summed E-state index contributed by atoms with van der Waals surface area (Å²) >= 11 is 0. The molecule has 0 bridgehead atoms. The van der Waals surface area contributed by atoms with E-state index in [1.54, 1.807) is 0 Å². The number of ketones is 1. The van der Waals surface area contributed by atoms with Gasteiger partial charge in [-0.1, -0.05) is 6.07 Å². The van der Waals surface area contributed by atoms with Crippen LogP contribution in [0.4, 0.5) is 0 Å². The van der Waals surface area contributed by atoms with Crippen LogP contribution in [0.15, 0.2) is 18.2 Å². The highest BCUT2D eigenvalue weighted by molar-refractivity contribution is 5.79. The molecule has 92 valence electrons. The summed E-state index contributed by atoms with van der Waals surface area (Å²) in [7, 11) is 2.13. The van der Waals surface area contributed by atoms with Gasteiger partial charge in [0.2, 0.25) is 0 Å². The number of nitrogens with zero attached hydrogens (tertiary/aromatic N) is 2. The number of Topliss-reactive ketones (excluding diaryl/α,β-unsaturated/α-hetero) is 1. The minimum Gasteiger partial charge on any atom is -0.300 e. The summed E-state index contributed by atoms with van der Waals surface area (Å²) < 4.78 is 0. The van der Waals surface area contributed by atoms with Gasteiger partial charge in [-0.05, 0) is 38.9 Å². The van der Waals surface area contributed by atoms with Crippen molar-refractivity contribution < 1.29 is 4.79 Å². The van der Waals surface area contributed by atoms with Crippen LogP contribution in [-0.2, 0) is 11.3 Å². The van der Waals surface area contributed by atoms with E-state index in [4.69, 9.17) is 0 Å². The number of rotatable bonds is 3. The number of aryl methyl sites for hydroxylation is 1. The van der Waals surface area contributed by atoms with Crippen LogP contribution < -0.4 is 0 Å². The minimum atomic E-state index is 0.420. The van der Waals surface area contributed by atoms with E-state index in [2.05, 4.69) is 29.1 Å². The smallest absolute Gasteiger partial charge is 0.133 e. The van der Waals surface area contributed by atoms with Crippen LogP contribution in [0.25, 0.3) is 0 Å². The molecule has 0 saturated heterocycles. The van der Waals surface area contributed by atoms with Crippen molar-refractivity contribution in [1.29, 1.82) is 0 Å². The molecule has 1 saturated carbocycles. The van der Waals surface area contributed by atoms with Crippen molar-refractivity contribution in [2.24, 2.45) is 0 Å². The van der Waals surface area contributed by atoms with Crippen molar-refractivity contribution in [2.45, 2.75) is 45.2 Å². The van der Waals surface area contributed by atoms with E-state index in [0.717, 1.165) is 43.6 Å². The lowest BCUT2D eigenvalue weighted by Crippen LogP contribution is -2.35. The second-order valence-electron chi connectivity index (χ2n) is 4.96. The molecule has 1 aliphatic rings. The van der Waals surface area contributed by atoms with Gasteiger partial charge >= 0.3 is 0 Å². The number of aromatic nitrogens is 1. The summed E-state index contributed by atoms with van der Waals surface area (Å²) in [5, 5.41) is 0. The van der Waals surface area contributed by atoms with Crippen LogP contribution in [0.3, 0.4) is 0 Å². The molecule has 1 aliphatic carbocycles. The van der Waals surface area contributed by atoms with E-state index in [9.17, 15) is 4.79 Å². The Morgan fingerprint density at radius 1 is 1.35 bits per heavy atom. The number of pyridine rings is 1. The lowest BCUT2D eigenvalue weighted by Gasteiger charge is -2.30. The summed E-state index contributed by atoms with van der Waals surface area (Å²) in [5.41, 5.74) is 2.18. The monoisotopic (exact) mass is 232 g/mol. The summed E-state index contributed by atoms with van der Waals surface area (Å²) in [4.78, 5) is 18.0. The first kappa shape index (κ1) is 12.2. The van der Waals surface area contributed by atoms with Crippen molar-refractivity contribution in [2.75, 3.05) is 7.05 Å². The molecule has 0 unspecified atom stereocenters. The molecule has 1 fully saturated rings. The van der Waals surface area contributed by atoms with Gasteiger partial charge in [-0.3, -0.25) is 14.7 Å². The van der Waals surface area contributed by atoms with Crippen LogP contribution in [0.1, 0.15) is 37.1 Å². The van der Waals surface area contributed by atoms with Crippen LogP contribution in [0.2, 0.25) is 0 Å². The molecule has 0 spiro atoms. The van der Waals surface area contributed by atoms with E-state index in [1.807, 2.05) is 13.0 Å². The Morgan fingerprint density at radius 2 is 2.06 bits per heavy atom. The molecule has 1 heterocycles. The molecule has 17 heavy (non-hydrogen) atoms. The summed E-state index contributed by atoms with van der Waals surface area (Å²) in [6, 6.07) is 6.67.